The first-order valence-corrected chi connectivity index (χ1v) is 8.74. The minimum Gasteiger partial charge on any atom is -0.466 e. The number of rotatable bonds is 8. The van der Waals surface area contributed by atoms with Crippen LogP contribution in [-0.4, -0.2) is 30.1 Å². The molecule has 0 aliphatic rings. The van der Waals surface area contributed by atoms with Crippen LogP contribution in [0, 0.1) is 0 Å². The summed E-state index contributed by atoms with van der Waals surface area (Å²) in [5.74, 6) is -0.389. The van der Waals surface area contributed by atoms with E-state index >= 15 is 0 Å². The molecule has 0 fully saturated rings. The standard InChI is InChI=1S/C19H23Cl2NO4/c1-12(2)17(8-6-13(3)10-19(24)25-5)22(14(4)23)26-18-9-7-15(20)11-16(18)21/h7,9-11,17H,1,6,8H2,2-5H3/b13-10+. The molecule has 1 atom stereocenters. The van der Waals surface area contributed by atoms with Crippen molar-refractivity contribution >= 4 is 35.1 Å². The van der Waals surface area contributed by atoms with Gasteiger partial charge in [-0.1, -0.05) is 40.9 Å². The summed E-state index contributed by atoms with van der Waals surface area (Å²) >= 11 is 12.0. The van der Waals surface area contributed by atoms with Crippen molar-refractivity contribution in [3.8, 4) is 5.75 Å². The summed E-state index contributed by atoms with van der Waals surface area (Å²) in [5, 5.41) is 2.01. The summed E-state index contributed by atoms with van der Waals surface area (Å²) in [6, 6.07) is 4.37. The maximum Gasteiger partial charge on any atom is 0.330 e. The van der Waals surface area contributed by atoms with E-state index in [9.17, 15) is 9.59 Å². The molecule has 1 unspecified atom stereocenters. The first-order chi connectivity index (χ1) is 12.1. The van der Waals surface area contributed by atoms with Crippen LogP contribution in [0.2, 0.25) is 10.0 Å². The summed E-state index contributed by atoms with van der Waals surface area (Å²) < 4.78 is 4.62. The zero-order chi connectivity index (χ0) is 19.9. The number of methoxy groups -OCH3 is 1. The fourth-order valence-corrected chi connectivity index (χ4v) is 2.71. The molecule has 0 aliphatic carbocycles. The quantitative estimate of drug-likeness (QED) is 0.267. The Bertz CT molecular complexity index is 715. The first kappa shape index (κ1) is 22.1. The van der Waals surface area contributed by atoms with Gasteiger partial charge in [-0.3, -0.25) is 4.79 Å². The highest BCUT2D eigenvalue weighted by atomic mass is 35.5. The predicted molar refractivity (Wildman–Crippen MR) is 103 cm³/mol. The number of hydroxylamine groups is 2. The molecular formula is C19H23Cl2NO4. The van der Waals surface area contributed by atoms with Crippen LogP contribution in [-0.2, 0) is 14.3 Å². The second-order valence-corrected chi connectivity index (χ2v) is 6.77. The molecule has 0 saturated heterocycles. The van der Waals surface area contributed by atoms with E-state index in [2.05, 4.69) is 11.3 Å². The van der Waals surface area contributed by atoms with Gasteiger partial charge < -0.3 is 9.57 Å². The second-order valence-electron chi connectivity index (χ2n) is 5.93. The average molecular weight is 400 g/mol. The number of carbonyl (C=O) groups is 2. The van der Waals surface area contributed by atoms with Gasteiger partial charge in [-0.2, -0.15) is 5.06 Å². The Morgan fingerprint density at radius 1 is 1.27 bits per heavy atom. The number of benzene rings is 1. The number of halogens is 2. The normalized spacial score (nSPS) is 12.3. The molecular weight excluding hydrogens is 377 g/mol. The van der Waals surface area contributed by atoms with Crippen LogP contribution in [0.25, 0.3) is 0 Å². The van der Waals surface area contributed by atoms with Crippen molar-refractivity contribution in [2.24, 2.45) is 0 Å². The van der Waals surface area contributed by atoms with Crippen LogP contribution in [0.5, 0.6) is 5.75 Å². The number of ether oxygens (including phenoxy) is 1. The molecule has 0 bridgehead atoms. The van der Waals surface area contributed by atoms with Gasteiger partial charge in [-0.25, -0.2) is 4.79 Å². The predicted octanol–water partition coefficient (Wildman–Crippen LogP) is 4.98. The van der Waals surface area contributed by atoms with E-state index in [-0.39, 0.29) is 11.9 Å². The number of allylic oxidation sites excluding steroid dienone is 1. The van der Waals surface area contributed by atoms with Crippen molar-refractivity contribution in [3.05, 3.63) is 52.0 Å². The van der Waals surface area contributed by atoms with Crippen LogP contribution >= 0.6 is 23.2 Å². The molecule has 1 aromatic carbocycles. The Hall–Kier alpha value is -1.98. The first-order valence-electron chi connectivity index (χ1n) is 7.99. The number of esters is 1. The number of carbonyl (C=O) groups excluding carboxylic acids is 2. The van der Waals surface area contributed by atoms with Crippen molar-refractivity contribution < 1.29 is 19.2 Å². The van der Waals surface area contributed by atoms with E-state index in [1.165, 1.54) is 31.2 Å². The smallest absolute Gasteiger partial charge is 0.330 e. The largest absolute Gasteiger partial charge is 0.466 e. The van der Waals surface area contributed by atoms with Gasteiger partial charge in [-0.15, -0.1) is 0 Å². The molecule has 0 N–H and O–H groups in total. The molecule has 0 aromatic heterocycles. The van der Waals surface area contributed by atoms with Crippen LogP contribution in [0.15, 0.2) is 42.0 Å². The molecule has 0 heterocycles. The lowest BCUT2D eigenvalue weighted by atomic mass is 10.0. The van der Waals surface area contributed by atoms with Crippen LogP contribution in [0.3, 0.4) is 0 Å². The van der Waals surface area contributed by atoms with Gasteiger partial charge in [0.2, 0.25) is 0 Å². The van der Waals surface area contributed by atoms with E-state index in [0.29, 0.717) is 28.6 Å². The second kappa shape index (κ2) is 10.2. The lowest BCUT2D eigenvalue weighted by Gasteiger charge is -2.30. The van der Waals surface area contributed by atoms with E-state index in [1.807, 2.05) is 13.8 Å². The molecule has 0 aliphatic heterocycles. The molecule has 1 rings (SSSR count). The maximum absolute atomic E-state index is 12.1. The Morgan fingerprint density at radius 2 is 1.92 bits per heavy atom. The molecule has 0 spiro atoms. The van der Waals surface area contributed by atoms with Gasteiger partial charge in [0.05, 0.1) is 18.2 Å². The third-order valence-electron chi connectivity index (χ3n) is 3.63. The highest BCUT2D eigenvalue weighted by Gasteiger charge is 2.25. The summed E-state index contributed by atoms with van der Waals surface area (Å²) in [6.07, 6.45) is 2.51. The van der Waals surface area contributed by atoms with Gasteiger partial charge in [0.1, 0.15) is 0 Å². The van der Waals surface area contributed by atoms with Crippen molar-refractivity contribution in [1.82, 2.24) is 5.06 Å². The van der Waals surface area contributed by atoms with Gasteiger partial charge >= 0.3 is 5.97 Å². The summed E-state index contributed by atoms with van der Waals surface area (Å²) in [7, 11) is 1.32. The number of hydrogen-bond acceptors (Lipinski definition) is 4. The van der Waals surface area contributed by atoms with Gasteiger partial charge in [0.25, 0.3) is 5.91 Å². The van der Waals surface area contributed by atoms with Crippen LogP contribution in [0.1, 0.15) is 33.6 Å². The molecule has 5 nitrogen and oxygen atoms in total. The van der Waals surface area contributed by atoms with E-state index in [0.717, 1.165) is 11.1 Å². The van der Waals surface area contributed by atoms with Gasteiger partial charge in [-0.05, 0) is 44.9 Å². The molecule has 7 heteroatoms. The number of nitrogens with zero attached hydrogens (tertiary/aromatic N) is 1. The zero-order valence-corrected chi connectivity index (χ0v) is 16.9. The zero-order valence-electron chi connectivity index (χ0n) is 15.3. The molecule has 142 valence electrons. The third-order valence-corrected chi connectivity index (χ3v) is 4.16. The summed E-state index contributed by atoms with van der Waals surface area (Å²) in [6.45, 7) is 8.99. The van der Waals surface area contributed by atoms with E-state index in [1.54, 1.807) is 12.1 Å². The van der Waals surface area contributed by atoms with Gasteiger partial charge in [0.15, 0.2) is 5.75 Å². The molecule has 1 amide bonds. The topological polar surface area (TPSA) is 55.8 Å². The van der Waals surface area contributed by atoms with Crippen molar-refractivity contribution in [2.75, 3.05) is 7.11 Å². The average Bonchev–Trinajstić information content (AvgIpc) is 2.55. The summed E-state index contributed by atoms with van der Waals surface area (Å²) in [4.78, 5) is 29.2. The fraction of sp³-hybridized carbons (Fsp3) is 0.368. The monoisotopic (exact) mass is 399 g/mol. The Morgan fingerprint density at radius 3 is 2.42 bits per heavy atom. The molecule has 26 heavy (non-hydrogen) atoms. The third kappa shape index (κ3) is 6.73. The Kier molecular flexibility index (Phi) is 8.69. The number of hydrogen-bond donors (Lipinski definition) is 0. The lowest BCUT2D eigenvalue weighted by Crippen LogP contribution is -2.42. The van der Waals surface area contributed by atoms with E-state index in [4.69, 9.17) is 28.0 Å². The molecule has 1 aromatic rings. The minimum absolute atomic E-state index is 0.293. The van der Waals surface area contributed by atoms with Crippen LogP contribution < -0.4 is 4.84 Å². The van der Waals surface area contributed by atoms with Gasteiger partial charge in [0, 0.05) is 18.0 Å². The molecule has 0 saturated carbocycles. The minimum atomic E-state index is -0.415. The van der Waals surface area contributed by atoms with Crippen LogP contribution in [0.4, 0.5) is 0 Å². The van der Waals surface area contributed by atoms with Crippen molar-refractivity contribution in [1.29, 1.82) is 0 Å². The SMILES string of the molecule is C=C(C)C(CC/C(C)=C/C(=O)OC)N(Oc1ccc(Cl)cc1Cl)C(C)=O. The van der Waals surface area contributed by atoms with E-state index < -0.39 is 5.97 Å². The highest BCUT2D eigenvalue weighted by Crippen LogP contribution is 2.30. The maximum atomic E-state index is 12.1. The Labute approximate surface area is 164 Å². The lowest BCUT2D eigenvalue weighted by molar-refractivity contribution is -0.161. The van der Waals surface area contributed by atoms with Crippen molar-refractivity contribution in [3.63, 3.8) is 0 Å². The molecule has 0 radical (unpaired) electrons. The van der Waals surface area contributed by atoms with Crippen molar-refractivity contribution in [2.45, 2.75) is 39.7 Å². The fourth-order valence-electron chi connectivity index (χ4n) is 2.26. The number of amides is 1. The highest BCUT2D eigenvalue weighted by molar-refractivity contribution is 6.35. The summed E-state index contributed by atoms with van der Waals surface area (Å²) in [5.41, 5.74) is 1.58. The Balaban J connectivity index is 2.98.